The molecule has 2 saturated heterocycles. The number of ether oxygens (including phenoxy) is 1. The summed E-state index contributed by atoms with van der Waals surface area (Å²) in [6.45, 7) is 2.52. The molecule has 2 heterocycles. The zero-order chi connectivity index (χ0) is 17.1. The van der Waals surface area contributed by atoms with Gasteiger partial charge in [0.15, 0.2) is 0 Å². The number of aliphatic hydroxyl groups excluding tert-OH is 1. The van der Waals surface area contributed by atoms with Crippen LogP contribution < -0.4 is 10.1 Å². The van der Waals surface area contributed by atoms with Crippen molar-refractivity contribution in [1.29, 1.82) is 0 Å². The smallest absolute Gasteiger partial charge is 0.254 e. The summed E-state index contributed by atoms with van der Waals surface area (Å²) in [5, 5.41) is 12.6. The maximum atomic E-state index is 12.6. The summed E-state index contributed by atoms with van der Waals surface area (Å²) in [7, 11) is 1.57. The molecule has 130 valence electrons. The van der Waals surface area contributed by atoms with Crippen molar-refractivity contribution in [2.24, 2.45) is 0 Å². The van der Waals surface area contributed by atoms with Gasteiger partial charge in [0, 0.05) is 38.3 Å². The predicted octanol–water partition coefficient (Wildman–Crippen LogP) is -0.298. The Hall–Kier alpha value is -2.12. The number of rotatable bonds is 3. The molecule has 0 aromatic heterocycles. The molecule has 0 saturated carbocycles. The fourth-order valence-electron chi connectivity index (χ4n) is 3.19. The molecule has 2 fully saturated rings. The molecule has 1 aromatic rings. The Morgan fingerprint density at radius 1 is 1.21 bits per heavy atom. The highest BCUT2D eigenvalue weighted by atomic mass is 16.5. The molecule has 0 aliphatic carbocycles. The van der Waals surface area contributed by atoms with Gasteiger partial charge >= 0.3 is 0 Å². The van der Waals surface area contributed by atoms with Gasteiger partial charge in [0.1, 0.15) is 5.75 Å². The third-order valence-corrected chi connectivity index (χ3v) is 4.60. The largest absolute Gasteiger partial charge is 0.497 e. The molecule has 1 aromatic carbocycles. The topological polar surface area (TPSA) is 82.1 Å². The van der Waals surface area contributed by atoms with Crippen molar-refractivity contribution in [1.82, 2.24) is 15.1 Å². The minimum absolute atomic E-state index is 0.0139. The van der Waals surface area contributed by atoms with Crippen LogP contribution in [-0.2, 0) is 4.79 Å². The van der Waals surface area contributed by atoms with Crippen molar-refractivity contribution in [3.8, 4) is 5.75 Å². The monoisotopic (exact) mass is 333 g/mol. The molecule has 2 aliphatic rings. The number of carbonyl (C=O) groups is 2. The Labute approximate surface area is 141 Å². The molecule has 3 rings (SSSR count). The van der Waals surface area contributed by atoms with E-state index in [9.17, 15) is 14.7 Å². The van der Waals surface area contributed by atoms with Gasteiger partial charge in [-0.05, 0) is 24.6 Å². The molecule has 7 nitrogen and oxygen atoms in total. The van der Waals surface area contributed by atoms with Crippen LogP contribution in [-0.4, -0.2) is 78.7 Å². The lowest BCUT2D eigenvalue weighted by atomic mass is 10.1. The summed E-state index contributed by atoms with van der Waals surface area (Å²) in [4.78, 5) is 28.5. The molecule has 2 aliphatic heterocycles. The van der Waals surface area contributed by atoms with Crippen molar-refractivity contribution in [3.63, 3.8) is 0 Å². The number of piperazine rings is 1. The van der Waals surface area contributed by atoms with E-state index in [-0.39, 0.29) is 17.9 Å². The van der Waals surface area contributed by atoms with E-state index < -0.39 is 6.10 Å². The van der Waals surface area contributed by atoms with Gasteiger partial charge in [0.2, 0.25) is 5.91 Å². The van der Waals surface area contributed by atoms with E-state index in [1.807, 2.05) is 0 Å². The average molecular weight is 333 g/mol. The fourth-order valence-corrected chi connectivity index (χ4v) is 3.19. The number of amides is 2. The van der Waals surface area contributed by atoms with Crippen LogP contribution in [0.2, 0.25) is 0 Å². The number of nitrogens with one attached hydrogen (secondary N) is 1. The van der Waals surface area contributed by atoms with Crippen molar-refractivity contribution < 1.29 is 19.4 Å². The summed E-state index contributed by atoms with van der Waals surface area (Å²) in [5.41, 5.74) is 0.592. The van der Waals surface area contributed by atoms with E-state index in [4.69, 9.17) is 4.74 Å². The molecule has 2 atom stereocenters. The SMILES string of the molecule is COc1cccc(C(=O)N2CCN(C(=O)C3CC(O)CN3)CC2)c1. The van der Waals surface area contributed by atoms with Gasteiger partial charge in [-0.25, -0.2) is 0 Å². The zero-order valence-electron chi connectivity index (χ0n) is 13.8. The standard InChI is InChI=1S/C17H23N3O4/c1-24-14-4-2-3-12(9-14)16(22)19-5-7-20(8-6-19)17(23)15-10-13(21)11-18-15/h2-4,9,13,15,18,21H,5-8,10-11H2,1H3. The van der Waals surface area contributed by atoms with E-state index in [0.717, 1.165) is 0 Å². The summed E-state index contributed by atoms with van der Waals surface area (Å²) in [6, 6.07) is 6.79. The first-order valence-corrected chi connectivity index (χ1v) is 8.22. The predicted molar refractivity (Wildman–Crippen MR) is 87.9 cm³/mol. The van der Waals surface area contributed by atoms with E-state index in [1.54, 1.807) is 41.2 Å². The zero-order valence-corrected chi connectivity index (χ0v) is 13.8. The Bertz CT molecular complexity index is 614. The van der Waals surface area contributed by atoms with E-state index in [1.165, 1.54) is 0 Å². The van der Waals surface area contributed by atoms with Gasteiger partial charge in [0.25, 0.3) is 5.91 Å². The summed E-state index contributed by atoms with van der Waals surface area (Å²) in [6.07, 6.45) is 0.0109. The minimum Gasteiger partial charge on any atom is -0.497 e. The van der Waals surface area contributed by atoms with Crippen LogP contribution in [0.25, 0.3) is 0 Å². The van der Waals surface area contributed by atoms with Crippen molar-refractivity contribution in [2.75, 3.05) is 39.8 Å². The van der Waals surface area contributed by atoms with Gasteiger partial charge in [-0.1, -0.05) is 6.07 Å². The summed E-state index contributed by atoms with van der Waals surface area (Å²) < 4.78 is 5.16. The van der Waals surface area contributed by atoms with Crippen LogP contribution in [0.5, 0.6) is 5.75 Å². The Morgan fingerprint density at radius 2 is 1.92 bits per heavy atom. The van der Waals surface area contributed by atoms with Gasteiger partial charge in [-0.2, -0.15) is 0 Å². The molecule has 24 heavy (non-hydrogen) atoms. The first-order valence-electron chi connectivity index (χ1n) is 8.22. The van der Waals surface area contributed by atoms with E-state index >= 15 is 0 Å². The number of carbonyl (C=O) groups excluding carboxylic acids is 2. The second kappa shape index (κ2) is 7.19. The highest BCUT2D eigenvalue weighted by Gasteiger charge is 2.33. The van der Waals surface area contributed by atoms with Gasteiger partial charge in [-0.3, -0.25) is 9.59 Å². The molecular formula is C17H23N3O4. The summed E-state index contributed by atoms with van der Waals surface area (Å²) >= 11 is 0. The molecule has 0 bridgehead atoms. The Morgan fingerprint density at radius 3 is 2.54 bits per heavy atom. The highest BCUT2D eigenvalue weighted by molar-refractivity contribution is 5.94. The van der Waals surface area contributed by atoms with Crippen molar-refractivity contribution in [2.45, 2.75) is 18.6 Å². The Balaban J connectivity index is 1.56. The number of β-amino-alcohol motifs (C(OH)–C–C–N with tert-alkyl or cyclic N) is 1. The molecule has 0 spiro atoms. The van der Waals surface area contributed by atoms with Crippen LogP contribution in [0.15, 0.2) is 24.3 Å². The number of methoxy groups -OCH3 is 1. The van der Waals surface area contributed by atoms with Crippen LogP contribution in [0.4, 0.5) is 0 Å². The lowest BCUT2D eigenvalue weighted by Gasteiger charge is -2.36. The molecule has 2 amide bonds. The average Bonchev–Trinajstić information content (AvgIpc) is 3.07. The summed E-state index contributed by atoms with van der Waals surface area (Å²) in [5.74, 6) is 0.621. The van der Waals surface area contributed by atoms with Crippen LogP contribution in [0, 0.1) is 0 Å². The lowest BCUT2D eigenvalue weighted by Crippen LogP contribution is -2.54. The third-order valence-electron chi connectivity index (χ3n) is 4.60. The lowest BCUT2D eigenvalue weighted by molar-refractivity contribution is -0.134. The fraction of sp³-hybridized carbons (Fsp3) is 0.529. The molecule has 7 heteroatoms. The van der Waals surface area contributed by atoms with Gasteiger partial charge in [-0.15, -0.1) is 0 Å². The normalized spacial score (nSPS) is 24.1. The molecular weight excluding hydrogens is 310 g/mol. The molecule has 0 radical (unpaired) electrons. The van der Waals surface area contributed by atoms with Crippen LogP contribution in [0.1, 0.15) is 16.8 Å². The molecule has 2 unspecified atom stereocenters. The molecule has 2 N–H and O–H groups in total. The van der Waals surface area contributed by atoms with E-state index in [2.05, 4.69) is 5.32 Å². The second-order valence-corrected chi connectivity index (χ2v) is 6.20. The van der Waals surface area contributed by atoms with E-state index in [0.29, 0.717) is 50.5 Å². The number of hydrogen-bond donors (Lipinski definition) is 2. The van der Waals surface area contributed by atoms with Crippen molar-refractivity contribution in [3.05, 3.63) is 29.8 Å². The first kappa shape index (κ1) is 16.7. The number of nitrogens with zero attached hydrogens (tertiary/aromatic N) is 2. The minimum atomic E-state index is -0.449. The third kappa shape index (κ3) is 3.52. The number of hydrogen-bond acceptors (Lipinski definition) is 5. The highest BCUT2D eigenvalue weighted by Crippen LogP contribution is 2.16. The number of aliphatic hydroxyl groups is 1. The maximum Gasteiger partial charge on any atom is 0.254 e. The van der Waals surface area contributed by atoms with Crippen LogP contribution in [0.3, 0.4) is 0 Å². The van der Waals surface area contributed by atoms with Gasteiger partial charge < -0.3 is 25.0 Å². The maximum absolute atomic E-state index is 12.6. The Kier molecular flexibility index (Phi) is 5.01. The quantitative estimate of drug-likeness (QED) is 0.794. The van der Waals surface area contributed by atoms with Crippen LogP contribution >= 0.6 is 0 Å². The first-order chi connectivity index (χ1) is 11.6. The van der Waals surface area contributed by atoms with Gasteiger partial charge in [0.05, 0.1) is 19.3 Å². The number of benzene rings is 1. The van der Waals surface area contributed by atoms with Crippen molar-refractivity contribution >= 4 is 11.8 Å². The second-order valence-electron chi connectivity index (χ2n) is 6.20.